The number of benzene rings is 1. The fraction of sp³-hybridized carbons (Fsp3) is 0.400. The SMILES string of the molecule is COc1cc2c(cc1OC)C(=O)/C(=C\c1c(C)nn(C(C)C)c1C)C2. The minimum absolute atomic E-state index is 0.0482. The van der Waals surface area contributed by atoms with Crippen molar-refractivity contribution in [2.45, 2.75) is 40.2 Å². The first-order chi connectivity index (χ1) is 11.9. The molecule has 0 radical (unpaired) electrons. The number of methoxy groups -OCH3 is 2. The Morgan fingerprint density at radius 2 is 1.80 bits per heavy atom. The molecule has 0 bridgehead atoms. The first-order valence-electron chi connectivity index (χ1n) is 8.43. The lowest BCUT2D eigenvalue weighted by Crippen LogP contribution is -2.05. The molecule has 0 saturated carbocycles. The number of hydrogen-bond acceptors (Lipinski definition) is 4. The molecule has 0 unspecified atom stereocenters. The molecule has 25 heavy (non-hydrogen) atoms. The molecule has 2 aromatic rings. The Bertz CT molecular complexity index is 876. The number of ether oxygens (including phenoxy) is 2. The summed E-state index contributed by atoms with van der Waals surface area (Å²) in [7, 11) is 3.18. The highest BCUT2D eigenvalue weighted by Gasteiger charge is 2.28. The molecule has 0 saturated heterocycles. The summed E-state index contributed by atoms with van der Waals surface area (Å²) in [5.41, 5.74) is 5.50. The maximum atomic E-state index is 12.8. The number of ketones is 1. The highest BCUT2D eigenvalue weighted by atomic mass is 16.5. The minimum atomic E-state index is 0.0482. The smallest absolute Gasteiger partial charge is 0.189 e. The van der Waals surface area contributed by atoms with E-state index in [-0.39, 0.29) is 11.8 Å². The number of rotatable bonds is 4. The number of nitrogens with zero attached hydrogens (tertiary/aromatic N) is 2. The van der Waals surface area contributed by atoms with E-state index in [0.29, 0.717) is 23.5 Å². The highest BCUT2D eigenvalue weighted by Crippen LogP contribution is 2.37. The second-order valence-electron chi connectivity index (χ2n) is 6.66. The van der Waals surface area contributed by atoms with E-state index in [1.165, 1.54) is 0 Å². The van der Waals surface area contributed by atoms with Crippen molar-refractivity contribution in [2.75, 3.05) is 14.2 Å². The van der Waals surface area contributed by atoms with Crippen molar-refractivity contribution in [1.29, 1.82) is 0 Å². The highest BCUT2D eigenvalue weighted by molar-refractivity contribution is 6.16. The summed E-state index contributed by atoms with van der Waals surface area (Å²) in [6.45, 7) is 8.24. The van der Waals surface area contributed by atoms with Crippen molar-refractivity contribution in [3.8, 4) is 11.5 Å². The van der Waals surface area contributed by atoms with Crippen molar-refractivity contribution in [3.05, 3.63) is 45.8 Å². The third kappa shape index (κ3) is 2.84. The van der Waals surface area contributed by atoms with Crippen LogP contribution in [0.5, 0.6) is 11.5 Å². The second-order valence-corrected chi connectivity index (χ2v) is 6.66. The zero-order chi connectivity index (χ0) is 18.3. The van der Waals surface area contributed by atoms with Crippen molar-refractivity contribution in [1.82, 2.24) is 9.78 Å². The van der Waals surface area contributed by atoms with Crippen LogP contribution in [0.4, 0.5) is 0 Å². The van der Waals surface area contributed by atoms with Gasteiger partial charge in [-0.15, -0.1) is 0 Å². The van der Waals surface area contributed by atoms with Crippen LogP contribution in [0.1, 0.15) is 52.8 Å². The van der Waals surface area contributed by atoms with E-state index in [1.807, 2.05) is 30.7 Å². The topological polar surface area (TPSA) is 53.4 Å². The van der Waals surface area contributed by atoms with Gasteiger partial charge in [0.05, 0.1) is 19.9 Å². The Morgan fingerprint density at radius 3 is 2.36 bits per heavy atom. The number of carbonyl (C=O) groups excluding carboxylic acids is 1. The molecule has 0 atom stereocenters. The lowest BCUT2D eigenvalue weighted by molar-refractivity contribution is 0.104. The van der Waals surface area contributed by atoms with Crippen LogP contribution in [0.2, 0.25) is 0 Å². The number of allylic oxidation sites excluding steroid dienone is 1. The molecular weight excluding hydrogens is 316 g/mol. The van der Waals surface area contributed by atoms with E-state index >= 15 is 0 Å². The van der Waals surface area contributed by atoms with Crippen LogP contribution in [0.15, 0.2) is 17.7 Å². The van der Waals surface area contributed by atoms with Crippen LogP contribution >= 0.6 is 0 Å². The second kappa shape index (κ2) is 6.39. The summed E-state index contributed by atoms with van der Waals surface area (Å²) in [4.78, 5) is 12.8. The van der Waals surface area contributed by atoms with Crippen LogP contribution < -0.4 is 9.47 Å². The fourth-order valence-electron chi connectivity index (χ4n) is 3.42. The van der Waals surface area contributed by atoms with Crippen LogP contribution in [0, 0.1) is 13.8 Å². The number of aryl methyl sites for hydroxylation is 1. The Hall–Kier alpha value is -2.56. The van der Waals surface area contributed by atoms with Gasteiger partial charge in [-0.25, -0.2) is 0 Å². The number of aromatic nitrogens is 2. The van der Waals surface area contributed by atoms with E-state index < -0.39 is 0 Å². The summed E-state index contributed by atoms with van der Waals surface area (Å²) in [5, 5.41) is 4.60. The molecule has 1 heterocycles. The van der Waals surface area contributed by atoms with Crippen LogP contribution in [0.25, 0.3) is 6.08 Å². The lowest BCUT2D eigenvalue weighted by atomic mass is 10.1. The third-order valence-corrected chi connectivity index (χ3v) is 4.72. The number of carbonyl (C=O) groups is 1. The maximum Gasteiger partial charge on any atom is 0.189 e. The Morgan fingerprint density at radius 1 is 1.16 bits per heavy atom. The van der Waals surface area contributed by atoms with Gasteiger partial charge in [-0.05, 0) is 51.5 Å². The van der Waals surface area contributed by atoms with Gasteiger partial charge in [0, 0.05) is 34.9 Å². The van der Waals surface area contributed by atoms with Gasteiger partial charge in [-0.2, -0.15) is 5.10 Å². The molecule has 0 amide bonds. The molecule has 3 rings (SSSR count). The first kappa shape index (κ1) is 17.3. The third-order valence-electron chi connectivity index (χ3n) is 4.72. The first-order valence-corrected chi connectivity index (χ1v) is 8.43. The van der Waals surface area contributed by atoms with E-state index in [2.05, 4.69) is 18.9 Å². The summed E-state index contributed by atoms with van der Waals surface area (Å²) in [6, 6.07) is 3.95. The standard InChI is InChI=1S/C20H24N2O3/c1-11(2)22-13(4)16(12(3)21-22)8-15-7-14-9-18(24-5)19(25-6)10-17(14)20(15)23/h8-11H,7H2,1-6H3/b15-8-. The number of hydrogen-bond donors (Lipinski definition) is 0. The lowest BCUT2D eigenvalue weighted by Gasteiger charge is -2.08. The Balaban J connectivity index is 2.04. The van der Waals surface area contributed by atoms with Crippen LogP contribution in [-0.2, 0) is 6.42 Å². The summed E-state index contributed by atoms with van der Waals surface area (Å²) in [6.07, 6.45) is 2.58. The summed E-state index contributed by atoms with van der Waals surface area (Å²) < 4.78 is 12.7. The molecule has 0 fully saturated rings. The van der Waals surface area contributed by atoms with Gasteiger partial charge in [-0.1, -0.05) is 0 Å². The summed E-state index contributed by atoms with van der Waals surface area (Å²) >= 11 is 0. The molecule has 0 spiro atoms. The van der Waals surface area contributed by atoms with Gasteiger partial charge < -0.3 is 9.47 Å². The molecule has 1 aliphatic carbocycles. The normalized spacial score (nSPS) is 15.2. The van der Waals surface area contributed by atoms with Crippen molar-refractivity contribution >= 4 is 11.9 Å². The molecule has 5 nitrogen and oxygen atoms in total. The Labute approximate surface area is 148 Å². The summed E-state index contributed by atoms with van der Waals surface area (Å²) in [5.74, 6) is 1.28. The zero-order valence-corrected chi connectivity index (χ0v) is 15.6. The van der Waals surface area contributed by atoms with Gasteiger partial charge in [0.25, 0.3) is 0 Å². The number of fused-ring (bicyclic) bond motifs is 1. The molecule has 1 aromatic heterocycles. The molecule has 0 N–H and O–H groups in total. The Kier molecular flexibility index (Phi) is 4.41. The molecular formula is C20H24N2O3. The quantitative estimate of drug-likeness (QED) is 0.792. The molecule has 0 aliphatic heterocycles. The van der Waals surface area contributed by atoms with E-state index in [9.17, 15) is 4.79 Å². The van der Waals surface area contributed by atoms with Crippen LogP contribution in [-0.4, -0.2) is 29.8 Å². The van der Waals surface area contributed by atoms with Gasteiger partial charge in [-0.3, -0.25) is 9.48 Å². The monoisotopic (exact) mass is 340 g/mol. The van der Waals surface area contributed by atoms with Gasteiger partial charge in [0.2, 0.25) is 0 Å². The van der Waals surface area contributed by atoms with E-state index in [1.54, 1.807) is 20.3 Å². The van der Waals surface area contributed by atoms with Crippen molar-refractivity contribution < 1.29 is 14.3 Å². The van der Waals surface area contributed by atoms with E-state index in [0.717, 1.165) is 28.1 Å². The van der Waals surface area contributed by atoms with Crippen molar-refractivity contribution in [3.63, 3.8) is 0 Å². The van der Waals surface area contributed by atoms with Gasteiger partial charge in [0.1, 0.15) is 0 Å². The molecule has 1 aliphatic rings. The van der Waals surface area contributed by atoms with Crippen LogP contribution in [0.3, 0.4) is 0 Å². The van der Waals surface area contributed by atoms with Gasteiger partial charge >= 0.3 is 0 Å². The molecule has 132 valence electrons. The average Bonchev–Trinajstić information content (AvgIpc) is 3.05. The predicted octanol–water partition coefficient (Wildman–Crippen LogP) is 3.92. The minimum Gasteiger partial charge on any atom is -0.493 e. The maximum absolute atomic E-state index is 12.8. The van der Waals surface area contributed by atoms with Gasteiger partial charge in [0.15, 0.2) is 17.3 Å². The van der Waals surface area contributed by atoms with Crippen molar-refractivity contribution in [2.24, 2.45) is 0 Å². The number of Topliss-reactive ketones (excluding diaryl/α,β-unsaturated/α-hetero) is 1. The largest absolute Gasteiger partial charge is 0.493 e. The average molecular weight is 340 g/mol. The predicted molar refractivity (Wildman–Crippen MR) is 97.6 cm³/mol. The zero-order valence-electron chi connectivity index (χ0n) is 15.6. The molecule has 5 heteroatoms. The van der Waals surface area contributed by atoms with E-state index in [4.69, 9.17) is 9.47 Å². The molecule has 1 aromatic carbocycles. The fourth-order valence-corrected chi connectivity index (χ4v) is 3.42.